The monoisotopic (exact) mass is 426 g/mol. The average molecular weight is 427 g/mol. The fraction of sp³-hybridized carbons (Fsp3) is 0.318. The predicted octanol–water partition coefficient (Wildman–Crippen LogP) is 4.35. The predicted molar refractivity (Wildman–Crippen MR) is 120 cm³/mol. The Labute approximate surface area is 180 Å². The van der Waals surface area contributed by atoms with Crippen LogP contribution in [0.25, 0.3) is 0 Å². The lowest BCUT2D eigenvalue weighted by Gasteiger charge is -2.11. The summed E-state index contributed by atoms with van der Waals surface area (Å²) >= 11 is 1.43. The van der Waals surface area contributed by atoms with Gasteiger partial charge in [-0.05, 0) is 41.3 Å². The van der Waals surface area contributed by atoms with Crippen molar-refractivity contribution in [1.82, 2.24) is 14.8 Å². The second kappa shape index (κ2) is 9.67. The van der Waals surface area contributed by atoms with Gasteiger partial charge in [0, 0.05) is 18.5 Å². The van der Waals surface area contributed by atoms with E-state index in [1.165, 1.54) is 21.9 Å². The zero-order valence-electron chi connectivity index (χ0n) is 17.8. The maximum absolute atomic E-state index is 12.7. The van der Waals surface area contributed by atoms with E-state index in [0.29, 0.717) is 28.3 Å². The summed E-state index contributed by atoms with van der Waals surface area (Å²) in [4.78, 5) is 12.7. The highest BCUT2D eigenvalue weighted by atomic mass is 32.2. The van der Waals surface area contributed by atoms with Gasteiger partial charge < -0.3 is 14.8 Å². The maximum atomic E-state index is 12.7. The lowest BCUT2D eigenvalue weighted by atomic mass is 10.0. The highest BCUT2D eigenvalue weighted by Crippen LogP contribution is 2.30. The van der Waals surface area contributed by atoms with E-state index in [9.17, 15) is 4.79 Å². The number of methoxy groups -OCH3 is 2. The molecular weight excluding hydrogens is 400 g/mol. The molecule has 0 saturated carbocycles. The molecule has 2 aromatic carbocycles. The summed E-state index contributed by atoms with van der Waals surface area (Å²) in [5.41, 5.74) is 2.84. The number of nitrogens with one attached hydrogen (secondary N) is 1. The van der Waals surface area contributed by atoms with E-state index in [-0.39, 0.29) is 11.4 Å². The first kappa shape index (κ1) is 21.7. The quantitative estimate of drug-likeness (QED) is 0.537. The van der Waals surface area contributed by atoms with Crippen molar-refractivity contribution in [2.24, 2.45) is 7.05 Å². The van der Waals surface area contributed by atoms with Crippen LogP contribution in [0.3, 0.4) is 0 Å². The molecule has 1 N–H and O–H groups in total. The fourth-order valence-electron chi connectivity index (χ4n) is 2.86. The van der Waals surface area contributed by atoms with Crippen LogP contribution in [0.4, 0.5) is 11.5 Å². The number of benzene rings is 2. The minimum Gasteiger partial charge on any atom is -0.493 e. The summed E-state index contributed by atoms with van der Waals surface area (Å²) in [5, 5.41) is 11.9. The minimum atomic E-state index is -0.229. The molecule has 0 atom stereocenters. The van der Waals surface area contributed by atoms with Gasteiger partial charge in [0.25, 0.3) is 5.56 Å². The fourth-order valence-corrected chi connectivity index (χ4v) is 3.71. The molecule has 30 heavy (non-hydrogen) atoms. The van der Waals surface area contributed by atoms with E-state index >= 15 is 0 Å². The summed E-state index contributed by atoms with van der Waals surface area (Å²) in [6.45, 7) is 4.28. The van der Waals surface area contributed by atoms with Crippen LogP contribution in [0.15, 0.2) is 52.4 Å². The number of anilines is 2. The molecule has 0 aliphatic rings. The van der Waals surface area contributed by atoms with E-state index in [0.717, 1.165) is 11.3 Å². The normalized spacial score (nSPS) is 10.9. The highest BCUT2D eigenvalue weighted by Gasteiger charge is 2.12. The molecule has 0 fully saturated rings. The molecule has 1 aromatic heterocycles. The summed E-state index contributed by atoms with van der Waals surface area (Å²) < 4.78 is 12.1. The Morgan fingerprint density at radius 3 is 2.37 bits per heavy atom. The molecule has 1 heterocycles. The highest BCUT2D eigenvalue weighted by molar-refractivity contribution is 7.98. The molecule has 8 heteroatoms. The summed E-state index contributed by atoms with van der Waals surface area (Å²) in [6.07, 6.45) is 0. The molecular formula is C22H26N4O3S. The Morgan fingerprint density at radius 2 is 1.73 bits per heavy atom. The van der Waals surface area contributed by atoms with Crippen LogP contribution in [-0.4, -0.2) is 29.0 Å². The Bertz CT molecular complexity index is 1060. The van der Waals surface area contributed by atoms with Gasteiger partial charge in [-0.3, -0.25) is 9.36 Å². The number of thioether (sulfide) groups is 1. The van der Waals surface area contributed by atoms with E-state index in [4.69, 9.17) is 9.47 Å². The number of nitrogens with zero attached hydrogens (tertiary/aromatic N) is 3. The van der Waals surface area contributed by atoms with Crippen molar-refractivity contribution in [1.29, 1.82) is 0 Å². The molecule has 0 radical (unpaired) electrons. The van der Waals surface area contributed by atoms with Gasteiger partial charge in [0.2, 0.25) is 5.82 Å². The van der Waals surface area contributed by atoms with Crippen LogP contribution in [0, 0.1) is 0 Å². The zero-order chi connectivity index (χ0) is 21.7. The number of rotatable bonds is 8. The Kier molecular flexibility index (Phi) is 6.99. The number of ether oxygens (including phenoxy) is 2. The van der Waals surface area contributed by atoms with Crippen LogP contribution in [0.1, 0.15) is 30.9 Å². The van der Waals surface area contributed by atoms with Gasteiger partial charge in [0.05, 0.1) is 14.2 Å². The van der Waals surface area contributed by atoms with Gasteiger partial charge in [-0.2, -0.15) is 0 Å². The van der Waals surface area contributed by atoms with Crippen LogP contribution in [0.5, 0.6) is 11.5 Å². The molecule has 0 unspecified atom stereocenters. The molecule has 3 rings (SSSR count). The molecule has 0 amide bonds. The molecule has 0 aliphatic heterocycles. The molecule has 0 bridgehead atoms. The van der Waals surface area contributed by atoms with Gasteiger partial charge in [-0.25, -0.2) is 0 Å². The first-order valence-electron chi connectivity index (χ1n) is 9.57. The molecule has 0 saturated heterocycles. The van der Waals surface area contributed by atoms with Crippen molar-refractivity contribution < 1.29 is 9.47 Å². The summed E-state index contributed by atoms with van der Waals surface area (Å²) in [5.74, 6) is 2.61. The molecule has 158 valence electrons. The zero-order valence-corrected chi connectivity index (χ0v) is 18.6. The van der Waals surface area contributed by atoms with Crippen molar-refractivity contribution in [3.8, 4) is 11.5 Å². The number of hydrogen-bond donors (Lipinski definition) is 1. The van der Waals surface area contributed by atoms with Crippen molar-refractivity contribution in [2.75, 3.05) is 19.5 Å². The molecule has 7 nitrogen and oxygen atoms in total. The molecule has 0 aliphatic carbocycles. The third-order valence-electron chi connectivity index (χ3n) is 4.69. The van der Waals surface area contributed by atoms with Crippen molar-refractivity contribution in [2.45, 2.75) is 30.7 Å². The van der Waals surface area contributed by atoms with Crippen molar-refractivity contribution in [3.05, 3.63) is 63.9 Å². The third-order valence-corrected chi connectivity index (χ3v) is 5.78. The largest absolute Gasteiger partial charge is 0.493 e. The Morgan fingerprint density at radius 1 is 1.03 bits per heavy atom. The van der Waals surface area contributed by atoms with Gasteiger partial charge in [-0.1, -0.05) is 43.8 Å². The van der Waals surface area contributed by atoms with Gasteiger partial charge >= 0.3 is 0 Å². The number of hydrogen-bond acceptors (Lipinski definition) is 7. The Hall–Kier alpha value is -3.00. The van der Waals surface area contributed by atoms with E-state index in [1.54, 1.807) is 21.3 Å². The molecule has 0 spiro atoms. The second-order valence-electron chi connectivity index (χ2n) is 7.08. The van der Waals surface area contributed by atoms with Crippen molar-refractivity contribution in [3.63, 3.8) is 0 Å². The average Bonchev–Trinajstić information content (AvgIpc) is 2.76. The van der Waals surface area contributed by atoms with Crippen LogP contribution < -0.4 is 20.3 Å². The SMILES string of the molecule is COc1ccc(CSc2nnc(Nc3ccc(C(C)C)cc3)c(=O)n2C)cc1OC. The smallest absolute Gasteiger partial charge is 0.297 e. The standard InChI is InChI=1S/C22H26N4O3S/c1-14(2)16-7-9-17(10-8-16)23-20-21(27)26(3)22(25-24-20)30-13-15-6-11-18(28-4)19(12-15)29-5/h6-12,14H,13H2,1-5H3,(H,23,24). The lowest BCUT2D eigenvalue weighted by molar-refractivity contribution is 0.354. The third kappa shape index (κ3) is 4.94. The lowest BCUT2D eigenvalue weighted by Crippen LogP contribution is -2.24. The van der Waals surface area contributed by atoms with Gasteiger partial charge in [0.1, 0.15) is 0 Å². The van der Waals surface area contributed by atoms with Gasteiger partial charge in [0.15, 0.2) is 16.7 Å². The first-order valence-corrected chi connectivity index (χ1v) is 10.6. The van der Waals surface area contributed by atoms with E-state index < -0.39 is 0 Å². The second-order valence-corrected chi connectivity index (χ2v) is 8.02. The molecule has 3 aromatic rings. The van der Waals surface area contributed by atoms with Crippen LogP contribution in [0.2, 0.25) is 0 Å². The minimum absolute atomic E-state index is 0.199. The number of aromatic nitrogens is 3. The van der Waals surface area contributed by atoms with E-state index in [2.05, 4.69) is 29.4 Å². The van der Waals surface area contributed by atoms with Crippen LogP contribution >= 0.6 is 11.8 Å². The van der Waals surface area contributed by atoms with Crippen molar-refractivity contribution >= 4 is 23.3 Å². The maximum Gasteiger partial charge on any atom is 0.297 e. The topological polar surface area (TPSA) is 78.3 Å². The first-order chi connectivity index (χ1) is 14.4. The van der Waals surface area contributed by atoms with E-state index in [1.807, 2.05) is 42.5 Å². The summed E-state index contributed by atoms with van der Waals surface area (Å²) in [7, 11) is 4.90. The summed E-state index contributed by atoms with van der Waals surface area (Å²) in [6, 6.07) is 13.7. The Balaban J connectivity index is 1.72. The van der Waals surface area contributed by atoms with Crippen LogP contribution in [-0.2, 0) is 12.8 Å². The van der Waals surface area contributed by atoms with Gasteiger partial charge in [-0.15, -0.1) is 10.2 Å².